The van der Waals surface area contributed by atoms with E-state index in [4.69, 9.17) is 11.5 Å². The Balaban J connectivity index is 2.81. The molecular weight excluding hydrogens is 560 g/mol. The summed E-state index contributed by atoms with van der Waals surface area (Å²) in [5.41, 5.74) is -6.57. The predicted octanol–water partition coefficient (Wildman–Crippen LogP) is 6.24. The van der Waals surface area contributed by atoms with E-state index < -0.39 is 68.2 Å². The van der Waals surface area contributed by atoms with E-state index in [1.807, 2.05) is 0 Å². The Hall–Kier alpha value is -2.53. The Morgan fingerprint density at radius 3 is 1.00 bits per heavy atom. The first kappa shape index (κ1) is 30.7. The number of hydrogen-bond donors (Lipinski definition) is 4. The van der Waals surface area contributed by atoms with Crippen molar-refractivity contribution in [3.63, 3.8) is 0 Å². The lowest BCUT2D eigenvalue weighted by Crippen LogP contribution is -2.54. The van der Waals surface area contributed by atoms with Crippen LogP contribution in [0.4, 0.5) is 64.1 Å². The first-order chi connectivity index (χ1) is 16.3. The number of hydrogen-bond acceptors (Lipinski definition) is 5. The maximum atomic E-state index is 13.4. The molecule has 0 aliphatic heterocycles. The van der Waals surface area contributed by atoms with E-state index >= 15 is 0 Å². The molecule has 0 fully saturated rings. The van der Waals surface area contributed by atoms with E-state index in [0.717, 1.165) is 13.8 Å². The molecule has 0 aliphatic carbocycles. The quantitative estimate of drug-likeness (QED) is 0.256. The van der Waals surface area contributed by atoms with Crippen LogP contribution >= 0.6 is 11.8 Å². The molecule has 0 atom stereocenters. The molecule has 0 aromatic heterocycles. The summed E-state index contributed by atoms with van der Waals surface area (Å²) in [6, 6.07) is 1.56. The van der Waals surface area contributed by atoms with Gasteiger partial charge in [-0.05, 0) is 49.2 Å². The van der Waals surface area contributed by atoms with Crippen molar-refractivity contribution in [2.24, 2.45) is 0 Å². The normalized spacial score (nSPS) is 14.3. The third-order valence-corrected chi connectivity index (χ3v) is 6.65. The fraction of sp³-hybridized carbons (Fsp3) is 0.400. The van der Waals surface area contributed by atoms with Crippen LogP contribution in [0.25, 0.3) is 0 Å². The van der Waals surface area contributed by atoms with E-state index in [0.29, 0.717) is 12.1 Å². The van der Waals surface area contributed by atoms with Crippen LogP contribution in [-0.2, 0) is 11.2 Å². The number of rotatable bonds is 4. The van der Waals surface area contributed by atoms with E-state index in [-0.39, 0.29) is 35.0 Å². The molecule has 0 bridgehead atoms. The molecule has 0 unspecified atom stereocenters. The molecule has 2 rings (SSSR count). The molecule has 0 spiro atoms. The monoisotopic (exact) mass is 576 g/mol. The molecule has 6 N–H and O–H groups in total. The van der Waals surface area contributed by atoms with Gasteiger partial charge < -0.3 is 21.7 Å². The number of alkyl halides is 12. The summed E-state index contributed by atoms with van der Waals surface area (Å²) in [4.78, 5) is -1.09. The Morgan fingerprint density at radius 1 is 0.541 bits per heavy atom. The van der Waals surface area contributed by atoms with Crippen LogP contribution in [-0.4, -0.2) is 34.9 Å². The lowest BCUT2D eigenvalue weighted by Gasteiger charge is -2.34. The van der Waals surface area contributed by atoms with Crippen molar-refractivity contribution in [1.29, 1.82) is 0 Å². The third-order valence-electron chi connectivity index (χ3n) is 5.33. The number of nitrogens with two attached hydrogens (primary N) is 2. The van der Waals surface area contributed by atoms with Crippen molar-refractivity contribution < 1.29 is 62.9 Å². The third kappa shape index (κ3) is 4.99. The van der Waals surface area contributed by atoms with Gasteiger partial charge in [0.1, 0.15) is 0 Å². The number of nitrogen functional groups attached to an aromatic ring is 2. The highest BCUT2D eigenvalue weighted by atomic mass is 32.2. The van der Waals surface area contributed by atoms with Gasteiger partial charge in [0.2, 0.25) is 0 Å². The second-order valence-corrected chi connectivity index (χ2v) is 9.01. The van der Waals surface area contributed by atoms with Gasteiger partial charge in [0.15, 0.2) is 0 Å². The number of benzene rings is 2. The van der Waals surface area contributed by atoms with Crippen LogP contribution < -0.4 is 11.5 Å². The second kappa shape index (κ2) is 9.04. The van der Waals surface area contributed by atoms with Gasteiger partial charge in [-0.25, -0.2) is 0 Å². The highest BCUT2D eigenvalue weighted by molar-refractivity contribution is 7.99. The molecule has 37 heavy (non-hydrogen) atoms. The first-order valence-electron chi connectivity index (χ1n) is 9.51. The first-order valence-corrected chi connectivity index (χ1v) is 10.3. The van der Waals surface area contributed by atoms with Crippen molar-refractivity contribution in [3.05, 3.63) is 46.5 Å². The minimum atomic E-state index is -6.32. The SMILES string of the molecule is Cc1cc(N)c(C(O)(C(F)(F)F)C(F)(F)F)cc1Sc1cc(C(O)(C(F)(F)F)C(F)(F)F)c(N)cc1C. The van der Waals surface area contributed by atoms with Gasteiger partial charge in [0.05, 0.1) is 0 Å². The summed E-state index contributed by atoms with van der Waals surface area (Å²) < 4.78 is 160. The molecule has 208 valence electrons. The highest BCUT2D eigenvalue weighted by Crippen LogP contribution is 2.54. The van der Waals surface area contributed by atoms with Gasteiger partial charge in [-0.1, -0.05) is 11.8 Å². The Labute approximate surface area is 204 Å². The van der Waals surface area contributed by atoms with Crippen molar-refractivity contribution >= 4 is 23.1 Å². The summed E-state index contributed by atoms with van der Waals surface area (Å²) in [5, 5.41) is 19.4. The molecule has 0 saturated carbocycles. The zero-order valence-corrected chi connectivity index (χ0v) is 19.1. The van der Waals surface area contributed by atoms with Gasteiger partial charge >= 0.3 is 24.7 Å². The molecule has 0 amide bonds. The molecule has 4 nitrogen and oxygen atoms in total. The summed E-state index contributed by atoms with van der Waals surface area (Å²) in [6.07, 6.45) is -25.3. The van der Waals surface area contributed by atoms with Crippen LogP contribution in [0, 0.1) is 13.8 Å². The Kier molecular flexibility index (Phi) is 7.50. The summed E-state index contributed by atoms with van der Waals surface area (Å²) >= 11 is 0.159. The number of aliphatic hydroxyl groups is 2. The average Bonchev–Trinajstić information content (AvgIpc) is 2.67. The van der Waals surface area contributed by atoms with Crippen molar-refractivity contribution in [3.8, 4) is 0 Å². The predicted molar refractivity (Wildman–Crippen MR) is 107 cm³/mol. The average molecular weight is 576 g/mol. The largest absolute Gasteiger partial charge is 0.430 e. The Morgan fingerprint density at radius 2 is 0.784 bits per heavy atom. The molecule has 2 aromatic rings. The molecule has 0 radical (unpaired) electrons. The molecule has 0 heterocycles. The maximum Gasteiger partial charge on any atom is 0.430 e. The Bertz CT molecular complexity index is 1070. The van der Waals surface area contributed by atoms with Crippen LogP contribution in [0.5, 0.6) is 0 Å². The highest BCUT2D eigenvalue weighted by Gasteiger charge is 2.73. The lowest BCUT2D eigenvalue weighted by molar-refractivity contribution is -0.376. The van der Waals surface area contributed by atoms with E-state index in [2.05, 4.69) is 0 Å². The van der Waals surface area contributed by atoms with Crippen LogP contribution in [0.1, 0.15) is 22.3 Å². The minimum absolute atomic E-state index is 0.141. The van der Waals surface area contributed by atoms with Crippen LogP contribution in [0.15, 0.2) is 34.1 Å². The minimum Gasteiger partial charge on any atom is -0.398 e. The number of aryl methyl sites for hydroxylation is 2. The summed E-state index contributed by atoms with van der Waals surface area (Å²) in [6.45, 7) is 2.25. The van der Waals surface area contributed by atoms with Crippen molar-refractivity contribution in [1.82, 2.24) is 0 Å². The summed E-state index contributed by atoms with van der Waals surface area (Å²) in [7, 11) is 0. The van der Waals surface area contributed by atoms with Gasteiger partial charge in [-0.3, -0.25) is 0 Å². The van der Waals surface area contributed by atoms with E-state index in [1.54, 1.807) is 0 Å². The lowest BCUT2D eigenvalue weighted by atomic mass is 9.90. The van der Waals surface area contributed by atoms with E-state index in [9.17, 15) is 62.9 Å². The summed E-state index contributed by atoms with van der Waals surface area (Å²) in [5.74, 6) is 0. The molecule has 0 saturated heterocycles. The standard InChI is InChI=1S/C20H16F12N2O2S/c1-7-3-11(33)9(15(35,17(21,22)23)18(24,25)26)5-13(7)37-14-6-10(12(34)4-8(14)2)16(36,19(27,28)29)20(30,31)32/h3-6,35-36H,33-34H2,1-2H3. The van der Waals surface area contributed by atoms with E-state index in [1.165, 1.54) is 0 Å². The van der Waals surface area contributed by atoms with Gasteiger partial charge in [-0.2, -0.15) is 52.7 Å². The van der Waals surface area contributed by atoms with Gasteiger partial charge in [-0.15, -0.1) is 0 Å². The number of halogens is 12. The smallest absolute Gasteiger partial charge is 0.398 e. The molecular formula is C20H16F12N2O2S. The van der Waals surface area contributed by atoms with Crippen molar-refractivity contribution in [2.45, 2.75) is 59.5 Å². The second-order valence-electron chi connectivity index (χ2n) is 7.92. The van der Waals surface area contributed by atoms with Gasteiger partial charge in [0, 0.05) is 32.3 Å². The van der Waals surface area contributed by atoms with Gasteiger partial charge in [0.25, 0.3) is 11.2 Å². The molecule has 2 aromatic carbocycles. The fourth-order valence-corrected chi connectivity index (χ4v) is 4.35. The number of anilines is 2. The van der Waals surface area contributed by atoms with Crippen LogP contribution in [0.3, 0.4) is 0 Å². The topological polar surface area (TPSA) is 92.5 Å². The zero-order valence-electron chi connectivity index (χ0n) is 18.3. The maximum absolute atomic E-state index is 13.4. The zero-order chi connectivity index (χ0) is 29.2. The van der Waals surface area contributed by atoms with Crippen LogP contribution in [0.2, 0.25) is 0 Å². The van der Waals surface area contributed by atoms with Crippen molar-refractivity contribution in [2.75, 3.05) is 11.5 Å². The molecule has 17 heteroatoms. The fourth-order valence-electron chi connectivity index (χ4n) is 3.32. The molecule has 0 aliphatic rings.